The maximum atomic E-state index is 11.7. The molecule has 0 aliphatic rings. The van der Waals surface area contributed by atoms with Gasteiger partial charge in [0.05, 0.1) is 0 Å². The SMILES string of the molecule is CCCCCCCCCCCCCCCCCCCC(O)(C(=O)O)C(=O)C(C)O. The first kappa shape index (κ1) is 28.1. The number of carboxylic acids is 1. The summed E-state index contributed by atoms with van der Waals surface area (Å²) in [5, 5.41) is 28.4. The van der Waals surface area contributed by atoms with Crippen molar-refractivity contribution in [1.82, 2.24) is 0 Å². The summed E-state index contributed by atoms with van der Waals surface area (Å²) in [7, 11) is 0. The molecule has 0 aliphatic heterocycles. The first-order chi connectivity index (χ1) is 13.9. The van der Waals surface area contributed by atoms with Crippen molar-refractivity contribution < 1.29 is 24.9 Å². The number of Topliss-reactive ketones (excluding diaryl/α,β-unsaturated/α-hetero) is 1. The number of aliphatic carboxylic acids is 1. The van der Waals surface area contributed by atoms with Gasteiger partial charge in [0.2, 0.25) is 11.4 Å². The topological polar surface area (TPSA) is 94.8 Å². The third kappa shape index (κ3) is 13.8. The fraction of sp³-hybridized carbons (Fsp3) is 0.917. The van der Waals surface area contributed by atoms with Gasteiger partial charge in [-0.15, -0.1) is 0 Å². The smallest absolute Gasteiger partial charge is 0.343 e. The van der Waals surface area contributed by atoms with Crippen LogP contribution in [0.2, 0.25) is 0 Å². The molecule has 0 radical (unpaired) electrons. The second-order valence-electron chi connectivity index (χ2n) is 8.61. The van der Waals surface area contributed by atoms with Crippen molar-refractivity contribution in [2.45, 2.75) is 141 Å². The molecule has 2 unspecified atom stereocenters. The van der Waals surface area contributed by atoms with E-state index in [0.29, 0.717) is 6.42 Å². The van der Waals surface area contributed by atoms with Gasteiger partial charge >= 0.3 is 5.97 Å². The summed E-state index contributed by atoms with van der Waals surface area (Å²) in [6.07, 6.45) is 19.2. The molecule has 0 saturated carbocycles. The van der Waals surface area contributed by atoms with Gasteiger partial charge in [-0.1, -0.05) is 110 Å². The number of carbonyl (C=O) groups is 2. The zero-order valence-electron chi connectivity index (χ0n) is 19.0. The Morgan fingerprint density at radius 2 is 1.00 bits per heavy atom. The zero-order valence-corrected chi connectivity index (χ0v) is 19.0. The van der Waals surface area contributed by atoms with Crippen LogP contribution < -0.4 is 0 Å². The van der Waals surface area contributed by atoms with Crippen molar-refractivity contribution in [2.24, 2.45) is 0 Å². The summed E-state index contributed by atoms with van der Waals surface area (Å²) in [6.45, 7) is 3.44. The molecule has 0 amide bonds. The Bertz CT molecular complexity index is 421. The Balaban J connectivity index is 3.49. The van der Waals surface area contributed by atoms with Crippen molar-refractivity contribution in [3.05, 3.63) is 0 Å². The van der Waals surface area contributed by atoms with Gasteiger partial charge in [-0.2, -0.15) is 0 Å². The predicted molar refractivity (Wildman–Crippen MR) is 118 cm³/mol. The lowest BCUT2D eigenvalue weighted by atomic mass is 9.89. The van der Waals surface area contributed by atoms with E-state index in [-0.39, 0.29) is 6.42 Å². The van der Waals surface area contributed by atoms with Crippen molar-refractivity contribution in [3.8, 4) is 0 Å². The van der Waals surface area contributed by atoms with Crippen molar-refractivity contribution >= 4 is 11.8 Å². The minimum absolute atomic E-state index is 0.134. The lowest BCUT2D eigenvalue weighted by Gasteiger charge is -2.23. The van der Waals surface area contributed by atoms with Crippen LogP contribution in [0, 0.1) is 0 Å². The number of carbonyl (C=O) groups excluding carboxylic acids is 1. The summed E-state index contributed by atoms with van der Waals surface area (Å²) in [5.41, 5.74) is -2.45. The van der Waals surface area contributed by atoms with E-state index in [1.807, 2.05) is 0 Å². The number of hydrogen-bond donors (Lipinski definition) is 3. The van der Waals surface area contributed by atoms with Crippen LogP contribution in [0.4, 0.5) is 0 Å². The maximum Gasteiger partial charge on any atom is 0.343 e. The number of aliphatic hydroxyl groups is 2. The van der Waals surface area contributed by atoms with Gasteiger partial charge in [0.1, 0.15) is 6.10 Å². The van der Waals surface area contributed by atoms with Crippen LogP contribution in [-0.2, 0) is 9.59 Å². The third-order valence-corrected chi connectivity index (χ3v) is 5.78. The van der Waals surface area contributed by atoms with Gasteiger partial charge in [-0.3, -0.25) is 4.79 Å². The molecule has 0 aliphatic carbocycles. The number of hydrogen-bond acceptors (Lipinski definition) is 4. The molecule has 0 rings (SSSR count). The molecule has 29 heavy (non-hydrogen) atoms. The third-order valence-electron chi connectivity index (χ3n) is 5.78. The van der Waals surface area contributed by atoms with Crippen molar-refractivity contribution in [2.75, 3.05) is 0 Å². The molecule has 0 fully saturated rings. The maximum absolute atomic E-state index is 11.7. The molecule has 5 nitrogen and oxygen atoms in total. The molecule has 0 bridgehead atoms. The van der Waals surface area contributed by atoms with E-state index in [1.165, 1.54) is 90.4 Å². The van der Waals surface area contributed by atoms with Crippen LogP contribution >= 0.6 is 0 Å². The average Bonchev–Trinajstić information content (AvgIpc) is 2.69. The van der Waals surface area contributed by atoms with E-state index in [9.17, 15) is 19.8 Å². The fourth-order valence-corrected chi connectivity index (χ4v) is 3.79. The largest absolute Gasteiger partial charge is 0.479 e. The van der Waals surface area contributed by atoms with Crippen LogP contribution in [0.25, 0.3) is 0 Å². The van der Waals surface area contributed by atoms with Crippen LogP contribution in [0.5, 0.6) is 0 Å². The van der Waals surface area contributed by atoms with Gasteiger partial charge in [0, 0.05) is 0 Å². The number of rotatable bonds is 21. The van der Waals surface area contributed by atoms with Gasteiger partial charge in [-0.05, 0) is 19.8 Å². The standard InChI is InChI=1S/C24H46O5/c1-3-4-5-6-7-8-9-10-11-12-13-14-15-16-17-18-19-20-24(29,23(27)28)22(26)21(2)25/h21,25,29H,3-20H2,1-2H3,(H,27,28). The Morgan fingerprint density at radius 3 is 1.28 bits per heavy atom. The van der Waals surface area contributed by atoms with Crippen LogP contribution in [0.3, 0.4) is 0 Å². The van der Waals surface area contributed by atoms with E-state index in [0.717, 1.165) is 19.3 Å². The summed E-state index contributed by atoms with van der Waals surface area (Å²) < 4.78 is 0. The summed E-state index contributed by atoms with van der Waals surface area (Å²) in [4.78, 5) is 22.9. The van der Waals surface area contributed by atoms with Gasteiger partial charge < -0.3 is 15.3 Å². The molecule has 0 aromatic carbocycles. The number of carboxylic acid groups (broad SMARTS) is 1. The highest BCUT2D eigenvalue weighted by molar-refractivity contribution is 6.07. The van der Waals surface area contributed by atoms with Crippen LogP contribution in [0.15, 0.2) is 0 Å². The van der Waals surface area contributed by atoms with E-state index in [2.05, 4.69) is 6.92 Å². The minimum Gasteiger partial charge on any atom is -0.479 e. The fourth-order valence-electron chi connectivity index (χ4n) is 3.79. The average molecular weight is 415 g/mol. The number of aliphatic hydroxyl groups excluding tert-OH is 1. The lowest BCUT2D eigenvalue weighted by Crippen LogP contribution is -2.50. The number of unbranched alkanes of at least 4 members (excludes halogenated alkanes) is 16. The van der Waals surface area contributed by atoms with E-state index in [4.69, 9.17) is 5.11 Å². The van der Waals surface area contributed by atoms with E-state index in [1.54, 1.807) is 0 Å². The predicted octanol–water partition coefficient (Wildman–Crippen LogP) is 5.79. The minimum atomic E-state index is -2.45. The number of ketones is 1. The Labute approximate surface area is 178 Å². The highest BCUT2D eigenvalue weighted by Crippen LogP contribution is 2.20. The highest BCUT2D eigenvalue weighted by Gasteiger charge is 2.45. The Kier molecular flexibility index (Phi) is 17.3. The normalized spacial score (nSPS) is 14.5. The Hall–Kier alpha value is -0.940. The second kappa shape index (κ2) is 17.9. The lowest BCUT2D eigenvalue weighted by molar-refractivity contribution is -0.169. The van der Waals surface area contributed by atoms with E-state index >= 15 is 0 Å². The molecule has 5 heteroatoms. The summed E-state index contributed by atoms with van der Waals surface area (Å²) >= 11 is 0. The molecular weight excluding hydrogens is 368 g/mol. The molecule has 0 spiro atoms. The van der Waals surface area contributed by atoms with Crippen molar-refractivity contribution in [1.29, 1.82) is 0 Å². The summed E-state index contributed by atoms with van der Waals surface area (Å²) in [5.74, 6) is -2.60. The highest BCUT2D eigenvalue weighted by atomic mass is 16.4. The quantitative estimate of drug-likeness (QED) is 0.163. The molecule has 0 heterocycles. The van der Waals surface area contributed by atoms with Gasteiger partial charge in [0.15, 0.2) is 0 Å². The van der Waals surface area contributed by atoms with Gasteiger partial charge in [0.25, 0.3) is 0 Å². The second-order valence-corrected chi connectivity index (χ2v) is 8.61. The molecule has 0 aromatic rings. The zero-order chi connectivity index (χ0) is 22.0. The van der Waals surface area contributed by atoms with Crippen LogP contribution in [0.1, 0.15) is 129 Å². The molecule has 0 saturated heterocycles. The molecular formula is C24H46O5. The van der Waals surface area contributed by atoms with Gasteiger partial charge in [-0.25, -0.2) is 4.79 Å². The van der Waals surface area contributed by atoms with Crippen LogP contribution in [-0.4, -0.2) is 38.8 Å². The summed E-state index contributed by atoms with van der Waals surface area (Å²) in [6, 6.07) is 0. The molecule has 0 aromatic heterocycles. The monoisotopic (exact) mass is 414 g/mol. The van der Waals surface area contributed by atoms with E-state index < -0.39 is 23.5 Å². The molecule has 2 atom stereocenters. The first-order valence-corrected chi connectivity index (χ1v) is 12.0. The Morgan fingerprint density at radius 1 is 0.690 bits per heavy atom. The molecule has 3 N–H and O–H groups in total. The van der Waals surface area contributed by atoms with Crippen molar-refractivity contribution in [3.63, 3.8) is 0 Å². The first-order valence-electron chi connectivity index (χ1n) is 12.0. The molecule has 172 valence electrons.